The standard InChI is InChI=1S/C32H35N7O3/c1-38-10-8-22-14-23(16-33-28(22)20-38)32(40)37-25-6-4-5-21(13-25)15-34-31-26-9-12-42-30(26)27(18-35-31)24-17-36-39(19-24)29-7-2-3-11-41-29/h4-6,13-14,16-19,29H,2-3,7-12,15,20H2,1H3,(H,34,35)(H,37,40). The van der Waals surface area contributed by atoms with E-state index in [0.717, 1.165) is 103 Å². The van der Waals surface area contributed by atoms with Crippen LogP contribution in [0.3, 0.4) is 0 Å². The number of anilines is 2. The molecule has 10 nitrogen and oxygen atoms in total. The number of pyridine rings is 2. The molecule has 216 valence electrons. The van der Waals surface area contributed by atoms with Gasteiger partial charge in [-0.2, -0.15) is 5.10 Å². The van der Waals surface area contributed by atoms with Crippen LogP contribution in [0.2, 0.25) is 0 Å². The molecular formula is C32H35N7O3. The van der Waals surface area contributed by atoms with E-state index in [2.05, 4.69) is 32.7 Å². The Bertz CT molecular complexity index is 1610. The van der Waals surface area contributed by atoms with Gasteiger partial charge >= 0.3 is 0 Å². The molecule has 1 unspecified atom stereocenters. The molecule has 0 spiro atoms. The molecule has 7 rings (SSSR count). The molecule has 3 aliphatic heterocycles. The lowest BCUT2D eigenvalue weighted by atomic mass is 10.0. The Hall–Kier alpha value is -4.28. The fourth-order valence-electron chi connectivity index (χ4n) is 5.93. The average Bonchev–Trinajstić information content (AvgIpc) is 3.71. The summed E-state index contributed by atoms with van der Waals surface area (Å²) in [4.78, 5) is 24.6. The molecule has 0 aliphatic carbocycles. The molecule has 10 heteroatoms. The van der Waals surface area contributed by atoms with Crippen LogP contribution in [0.1, 0.15) is 58.2 Å². The Morgan fingerprint density at radius 1 is 1.10 bits per heavy atom. The summed E-state index contributed by atoms with van der Waals surface area (Å²) in [5.41, 5.74) is 7.56. The Kier molecular flexibility index (Phi) is 7.31. The lowest BCUT2D eigenvalue weighted by Gasteiger charge is -2.24. The van der Waals surface area contributed by atoms with Crippen LogP contribution < -0.4 is 15.4 Å². The first-order valence-corrected chi connectivity index (χ1v) is 14.7. The number of hydrogen-bond acceptors (Lipinski definition) is 8. The van der Waals surface area contributed by atoms with Crippen LogP contribution in [0.5, 0.6) is 5.75 Å². The molecule has 6 heterocycles. The topological polar surface area (TPSA) is 106 Å². The highest BCUT2D eigenvalue weighted by molar-refractivity contribution is 6.04. The predicted molar refractivity (Wildman–Crippen MR) is 159 cm³/mol. The van der Waals surface area contributed by atoms with Gasteiger partial charge < -0.3 is 25.0 Å². The van der Waals surface area contributed by atoms with E-state index in [4.69, 9.17) is 14.5 Å². The van der Waals surface area contributed by atoms with Crippen molar-refractivity contribution in [3.8, 4) is 16.9 Å². The maximum Gasteiger partial charge on any atom is 0.257 e. The van der Waals surface area contributed by atoms with Gasteiger partial charge in [-0.15, -0.1) is 0 Å². The van der Waals surface area contributed by atoms with Crippen LogP contribution in [0.15, 0.2) is 55.1 Å². The van der Waals surface area contributed by atoms with Crippen molar-refractivity contribution in [2.75, 3.05) is 37.4 Å². The van der Waals surface area contributed by atoms with E-state index in [1.54, 1.807) is 6.20 Å². The Labute approximate surface area is 245 Å². The third kappa shape index (κ3) is 5.47. The summed E-state index contributed by atoms with van der Waals surface area (Å²) in [6.45, 7) is 3.76. The first-order valence-electron chi connectivity index (χ1n) is 14.7. The minimum atomic E-state index is -0.153. The van der Waals surface area contributed by atoms with Gasteiger partial charge in [-0.3, -0.25) is 9.78 Å². The summed E-state index contributed by atoms with van der Waals surface area (Å²) in [5.74, 6) is 1.53. The first kappa shape index (κ1) is 26.6. The van der Waals surface area contributed by atoms with Gasteiger partial charge in [0.2, 0.25) is 0 Å². The molecule has 1 fully saturated rings. The second-order valence-electron chi connectivity index (χ2n) is 11.3. The van der Waals surface area contributed by atoms with Crippen LogP contribution in [0.4, 0.5) is 11.5 Å². The van der Waals surface area contributed by atoms with Crippen molar-refractivity contribution in [2.24, 2.45) is 0 Å². The fourth-order valence-corrected chi connectivity index (χ4v) is 5.93. The van der Waals surface area contributed by atoms with E-state index < -0.39 is 0 Å². The second kappa shape index (κ2) is 11.5. The molecule has 1 amide bonds. The molecule has 0 bridgehead atoms. The second-order valence-corrected chi connectivity index (χ2v) is 11.3. The zero-order chi connectivity index (χ0) is 28.5. The summed E-state index contributed by atoms with van der Waals surface area (Å²) in [5, 5.41) is 11.1. The van der Waals surface area contributed by atoms with Gasteiger partial charge in [0.15, 0.2) is 0 Å². The Morgan fingerprint density at radius 3 is 2.95 bits per heavy atom. The number of ether oxygens (including phenoxy) is 2. The number of aromatic nitrogens is 4. The van der Waals surface area contributed by atoms with Crippen LogP contribution in [0.25, 0.3) is 11.1 Å². The lowest BCUT2D eigenvalue weighted by molar-refractivity contribution is -0.0394. The molecule has 2 N–H and O–H groups in total. The van der Waals surface area contributed by atoms with E-state index in [9.17, 15) is 4.79 Å². The van der Waals surface area contributed by atoms with Crippen molar-refractivity contribution in [2.45, 2.75) is 51.4 Å². The van der Waals surface area contributed by atoms with Crippen LogP contribution in [-0.4, -0.2) is 57.4 Å². The van der Waals surface area contributed by atoms with E-state index in [1.807, 2.05) is 53.6 Å². The number of hydrogen-bond donors (Lipinski definition) is 2. The van der Waals surface area contributed by atoms with E-state index >= 15 is 0 Å². The van der Waals surface area contributed by atoms with Gasteiger partial charge in [0.1, 0.15) is 17.8 Å². The van der Waals surface area contributed by atoms with Gasteiger partial charge in [-0.1, -0.05) is 12.1 Å². The summed E-state index contributed by atoms with van der Waals surface area (Å²) in [6, 6.07) is 9.85. The minimum Gasteiger partial charge on any atom is -0.492 e. The minimum absolute atomic E-state index is 0.00661. The van der Waals surface area contributed by atoms with Crippen molar-refractivity contribution in [3.05, 3.63) is 83.1 Å². The number of rotatable bonds is 7. The summed E-state index contributed by atoms with van der Waals surface area (Å²) < 4.78 is 13.9. The monoisotopic (exact) mass is 565 g/mol. The van der Waals surface area contributed by atoms with Crippen molar-refractivity contribution in [3.63, 3.8) is 0 Å². The van der Waals surface area contributed by atoms with E-state index in [1.165, 1.54) is 0 Å². The smallest absolute Gasteiger partial charge is 0.257 e. The SMILES string of the molecule is CN1CCc2cc(C(=O)Nc3cccc(CNc4ncc(-c5cnn(C6CCCCO6)c5)c5c4CCO5)c3)cnc2C1. The molecule has 3 aromatic heterocycles. The van der Waals surface area contributed by atoms with E-state index in [-0.39, 0.29) is 12.1 Å². The largest absolute Gasteiger partial charge is 0.492 e. The predicted octanol–water partition coefficient (Wildman–Crippen LogP) is 4.83. The van der Waals surface area contributed by atoms with Gasteiger partial charge in [-0.05, 0) is 62.1 Å². The summed E-state index contributed by atoms with van der Waals surface area (Å²) in [6.07, 6.45) is 12.3. The number of nitrogens with one attached hydrogen (secondary N) is 2. The van der Waals surface area contributed by atoms with Crippen LogP contribution in [0, 0.1) is 0 Å². The normalized spacial score (nSPS) is 18.2. The molecular weight excluding hydrogens is 530 g/mol. The zero-order valence-corrected chi connectivity index (χ0v) is 23.8. The highest BCUT2D eigenvalue weighted by Crippen LogP contribution is 2.40. The molecule has 3 aliphatic rings. The van der Waals surface area contributed by atoms with Crippen molar-refractivity contribution < 1.29 is 14.3 Å². The number of benzene rings is 1. The quantitative estimate of drug-likeness (QED) is 0.328. The fraction of sp³-hybridized carbons (Fsp3) is 0.375. The maximum absolute atomic E-state index is 13.0. The highest BCUT2D eigenvalue weighted by atomic mass is 16.5. The van der Waals surface area contributed by atoms with Crippen molar-refractivity contribution in [1.82, 2.24) is 24.6 Å². The van der Waals surface area contributed by atoms with Crippen LogP contribution >= 0.6 is 0 Å². The Morgan fingerprint density at radius 2 is 2.05 bits per heavy atom. The number of fused-ring (bicyclic) bond motifs is 2. The van der Waals surface area contributed by atoms with Crippen LogP contribution in [-0.2, 0) is 30.7 Å². The van der Waals surface area contributed by atoms with Gasteiger partial charge in [0.05, 0.1) is 24.1 Å². The number of carbonyl (C=O) groups is 1. The molecule has 1 aromatic carbocycles. The number of amides is 1. The number of nitrogens with zero attached hydrogens (tertiary/aromatic N) is 5. The van der Waals surface area contributed by atoms with E-state index in [0.29, 0.717) is 18.7 Å². The molecule has 0 radical (unpaired) electrons. The van der Waals surface area contributed by atoms with Crippen molar-refractivity contribution >= 4 is 17.4 Å². The van der Waals surface area contributed by atoms with Gasteiger partial charge in [0.25, 0.3) is 5.91 Å². The average molecular weight is 566 g/mol. The van der Waals surface area contributed by atoms with Crippen molar-refractivity contribution in [1.29, 1.82) is 0 Å². The molecule has 42 heavy (non-hydrogen) atoms. The number of carbonyl (C=O) groups excluding carboxylic acids is 1. The summed E-state index contributed by atoms with van der Waals surface area (Å²) >= 11 is 0. The third-order valence-electron chi connectivity index (χ3n) is 8.24. The number of likely N-dealkylation sites (N-methyl/N-ethyl adjacent to an activating group) is 1. The Balaban J connectivity index is 1.02. The third-order valence-corrected chi connectivity index (χ3v) is 8.24. The van der Waals surface area contributed by atoms with Gasteiger partial charge in [0, 0.05) is 73.6 Å². The molecule has 0 saturated carbocycles. The highest BCUT2D eigenvalue weighted by Gasteiger charge is 2.24. The van der Waals surface area contributed by atoms with Gasteiger partial charge in [-0.25, -0.2) is 9.67 Å². The first-order chi connectivity index (χ1) is 20.6. The maximum atomic E-state index is 13.0. The molecule has 1 atom stereocenters. The lowest BCUT2D eigenvalue weighted by Crippen LogP contribution is -2.28. The molecule has 1 saturated heterocycles. The zero-order valence-electron chi connectivity index (χ0n) is 23.8. The summed E-state index contributed by atoms with van der Waals surface area (Å²) in [7, 11) is 2.09. The molecule has 4 aromatic rings.